The molecule has 1 aromatic heterocycles. The lowest BCUT2D eigenvalue weighted by Crippen LogP contribution is -1.75. The zero-order valence-corrected chi connectivity index (χ0v) is 6.51. The van der Waals surface area contributed by atoms with Crippen molar-refractivity contribution in [3.05, 3.63) is 35.7 Å². The van der Waals surface area contributed by atoms with Gasteiger partial charge < -0.3 is 0 Å². The first-order chi connectivity index (χ1) is 5.47. The Labute approximate surface area is 68.7 Å². The van der Waals surface area contributed by atoms with E-state index in [4.69, 9.17) is 0 Å². The summed E-state index contributed by atoms with van der Waals surface area (Å²) in [5.41, 5.74) is 1.99. The van der Waals surface area contributed by atoms with Crippen molar-refractivity contribution in [2.45, 2.75) is 0 Å². The van der Waals surface area contributed by atoms with E-state index in [9.17, 15) is 0 Å². The van der Waals surface area contributed by atoms with Gasteiger partial charge in [0.25, 0.3) is 0 Å². The van der Waals surface area contributed by atoms with Crippen LogP contribution in [-0.2, 0) is 0 Å². The number of benzene rings is 1. The lowest BCUT2D eigenvalue weighted by Gasteiger charge is -1.90. The Morgan fingerprint density at radius 3 is 3.09 bits per heavy atom. The van der Waals surface area contributed by atoms with Crippen molar-refractivity contribution in [3.8, 4) is 11.3 Å². The second-order valence-corrected chi connectivity index (χ2v) is 2.69. The predicted octanol–water partition coefficient (Wildman–Crippen LogP) is 2.01. The van der Waals surface area contributed by atoms with E-state index < -0.39 is 0 Å². The third-order valence-corrected chi connectivity index (χ3v) is 1.87. The highest BCUT2D eigenvalue weighted by molar-refractivity contribution is 7.03. The van der Waals surface area contributed by atoms with Crippen LogP contribution in [0.1, 0.15) is 0 Å². The molecule has 0 aliphatic heterocycles. The van der Waals surface area contributed by atoms with Gasteiger partial charge in [-0.05, 0) is 23.7 Å². The highest BCUT2D eigenvalue weighted by Crippen LogP contribution is 2.15. The van der Waals surface area contributed by atoms with E-state index in [1.54, 1.807) is 0 Å². The van der Waals surface area contributed by atoms with Gasteiger partial charge in [-0.25, -0.2) is 0 Å². The molecule has 0 aliphatic carbocycles. The summed E-state index contributed by atoms with van der Waals surface area (Å²) >= 11 is 1.36. The molecule has 0 atom stereocenters. The summed E-state index contributed by atoms with van der Waals surface area (Å²) in [5, 5.41) is 5.85. The van der Waals surface area contributed by atoms with Crippen molar-refractivity contribution in [1.82, 2.24) is 9.59 Å². The molecule has 0 N–H and O–H groups in total. The van der Waals surface area contributed by atoms with Crippen LogP contribution in [0.25, 0.3) is 11.3 Å². The van der Waals surface area contributed by atoms with Crippen LogP contribution in [0, 0.1) is 6.07 Å². The minimum atomic E-state index is 0.923. The zero-order valence-electron chi connectivity index (χ0n) is 5.69. The second-order valence-electron chi connectivity index (χ2n) is 2.08. The van der Waals surface area contributed by atoms with E-state index in [2.05, 4.69) is 15.7 Å². The third kappa shape index (κ3) is 1.28. The maximum atomic E-state index is 3.94. The summed E-state index contributed by atoms with van der Waals surface area (Å²) in [4.78, 5) is 0. The minimum Gasteiger partial charge on any atom is -0.138 e. The summed E-state index contributed by atoms with van der Waals surface area (Å²) in [6, 6.07) is 10.7. The lowest BCUT2D eigenvalue weighted by molar-refractivity contribution is 1.16. The monoisotopic (exact) mass is 161 g/mol. The van der Waals surface area contributed by atoms with E-state index in [1.807, 2.05) is 29.6 Å². The molecular weight excluding hydrogens is 156 g/mol. The summed E-state index contributed by atoms with van der Waals surface area (Å²) in [6.45, 7) is 0. The highest BCUT2D eigenvalue weighted by atomic mass is 32.1. The van der Waals surface area contributed by atoms with Crippen LogP contribution in [0.3, 0.4) is 0 Å². The quantitative estimate of drug-likeness (QED) is 0.639. The lowest BCUT2D eigenvalue weighted by atomic mass is 10.2. The van der Waals surface area contributed by atoms with Gasteiger partial charge in [0.05, 0.1) is 0 Å². The Bertz CT molecular complexity index is 315. The molecule has 0 amide bonds. The molecule has 1 heterocycles. The minimum absolute atomic E-state index is 0.923. The van der Waals surface area contributed by atoms with E-state index >= 15 is 0 Å². The molecule has 53 valence electrons. The van der Waals surface area contributed by atoms with Crippen LogP contribution in [0.15, 0.2) is 29.6 Å². The van der Waals surface area contributed by atoms with Crippen molar-refractivity contribution >= 4 is 11.5 Å². The fourth-order valence-electron chi connectivity index (χ4n) is 0.843. The van der Waals surface area contributed by atoms with Crippen LogP contribution in [0.4, 0.5) is 0 Å². The summed E-state index contributed by atoms with van der Waals surface area (Å²) in [5.74, 6) is 0. The summed E-state index contributed by atoms with van der Waals surface area (Å²) in [6.07, 6.45) is 0. The van der Waals surface area contributed by atoms with Crippen LogP contribution < -0.4 is 0 Å². The smallest absolute Gasteiger partial charge is 0.105 e. The van der Waals surface area contributed by atoms with Gasteiger partial charge in [0.2, 0.25) is 0 Å². The van der Waals surface area contributed by atoms with Gasteiger partial charge in [-0.2, -0.15) is 0 Å². The molecule has 1 radical (unpaired) electrons. The number of rotatable bonds is 1. The molecule has 2 aromatic rings. The molecule has 0 aliphatic rings. The van der Waals surface area contributed by atoms with Gasteiger partial charge in [-0.1, -0.05) is 22.7 Å². The standard InChI is InChI=1S/C8H5N2S/c1-2-4-7(5-3-1)8-6-11-10-9-8/h1-2,4-6H. The van der Waals surface area contributed by atoms with Crippen molar-refractivity contribution in [2.75, 3.05) is 0 Å². The summed E-state index contributed by atoms with van der Waals surface area (Å²) in [7, 11) is 0. The first-order valence-corrected chi connectivity index (χ1v) is 4.04. The van der Waals surface area contributed by atoms with E-state index in [0.717, 1.165) is 11.3 Å². The maximum Gasteiger partial charge on any atom is 0.105 e. The van der Waals surface area contributed by atoms with Gasteiger partial charge in [-0.3, -0.25) is 0 Å². The van der Waals surface area contributed by atoms with Gasteiger partial charge in [0.15, 0.2) is 0 Å². The van der Waals surface area contributed by atoms with Crippen LogP contribution in [0.2, 0.25) is 0 Å². The average molecular weight is 161 g/mol. The van der Waals surface area contributed by atoms with Crippen LogP contribution in [0.5, 0.6) is 0 Å². The molecule has 0 saturated carbocycles. The largest absolute Gasteiger partial charge is 0.138 e. The van der Waals surface area contributed by atoms with Gasteiger partial charge >= 0.3 is 0 Å². The molecule has 1 aromatic carbocycles. The topological polar surface area (TPSA) is 25.8 Å². The highest BCUT2D eigenvalue weighted by Gasteiger charge is 1.97. The van der Waals surface area contributed by atoms with Gasteiger partial charge in [-0.15, -0.1) is 5.10 Å². The molecule has 0 bridgehead atoms. The Kier molecular flexibility index (Phi) is 1.65. The Morgan fingerprint density at radius 1 is 1.45 bits per heavy atom. The number of hydrogen-bond acceptors (Lipinski definition) is 3. The molecule has 2 rings (SSSR count). The normalized spacial score (nSPS) is 9.82. The predicted molar refractivity (Wildman–Crippen MR) is 44.2 cm³/mol. The fraction of sp³-hybridized carbons (Fsp3) is 0. The molecule has 0 unspecified atom stereocenters. The fourth-order valence-corrected chi connectivity index (χ4v) is 1.31. The molecular formula is C8H5N2S. The van der Waals surface area contributed by atoms with E-state index in [0.29, 0.717) is 0 Å². The van der Waals surface area contributed by atoms with Gasteiger partial charge in [0.1, 0.15) is 5.69 Å². The van der Waals surface area contributed by atoms with Crippen molar-refractivity contribution < 1.29 is 0 Å². The first kappa shape index (κ1) is 6.49. The molecule has 2 nitrogen and oxygen atoms in total. The molecule has 11 heavy (non-hydrogen) atoms. The van der Waals surface area contributed by atoms with Crippen LogP contribution in [-0.4, -0.2) is 9.59 Å². The van der Waals surface area contributed by atoms with Gasteiger partial charge in [0, 0.05) is 10.9 Å². The van der Waals surface area contributed by atoms with E-state index in [1.165, 1.54) is 11.5 Å². The molecule has 0 fully saturated rings. The SMILES string of the molecule is [c]1cccc(-c2csnn2)c1. The van der Waals surface area contributed by atoms with E-state index in [-0.39, 0.29) is 0 Å². The Hall–Kier alpha value is -1.22. The zero-order chi connectivity index (χ0) is 7.52. The summed E-state index contributed by atoms with van der Waals surface area (Å²) < 4.78 is 3.78. The average Bonchev–Trinajstić information content (AvgIpc) is 2.58. The maximum absolute atomic E-state index is 3.94. The van der Waals surface area contributed by atoms with Crippen molar-refractivity contribution in [2.24, 2.45) is 0 Å². The molecule has 0 saturated heterocycles. The molecule has 3 heteroatoms. The Morgan fingerprint density at radius 2 is 2.45 bits per heavy atom. The van der Waals surface area contributed by atoms with Crippen molar-refractivity contribution in [3.63, 3.8) is 0 Å². The van der Waals surface area contributed by atoms with Crippen molar-refractivity contribution in [1.29, 1.82) is 0 Å². The third-order valence-electron chi connectivity index (χ3n) is 1.36. The first-order valence-electron chi connectivity index (χ1n) is 3.20. The number of nitrogens with zero attached hydrogens (tertiary/aromatic N) is 2. The van der Waals surface area contributed by atoms with Crippen LogP contribution >= 0.6 is 11.5 Å². The Balaban J connectivity index is 2.46. The number of aromatic nitrogens is 2. The number of hydrogen-bond donors (Lipinski definition) is 0. The molecule has 0 spiro atoms. The second kappa shape index (κ2) is 2.80.